The van der Waals surface area contributed by atoms with Gasteiger partial charge in [0.2, 0.25) is 11.8 Å². The largest absolute Gasteiger partial charge is 0.481 e. The van der Waals surface area contributed by atoms with E-state index in [4.69, 9.17) is 5.11 Å². The third-order valence-electron chi connectivity index (χ3n) is 4.68. The number of carboxylic acids is 1. The van der Waals surface area contributed by atoms with E-state index in [1.165, 1.54) is 23.6 Å². The maximum atomic E-state index is 13.3. The standard InChI is InChI=1S/C21H20I3N3O5/c1-10(28)26(3)19-16(22)15(17(23)20(18(19)24)27(4)11(2)29)21(32)25-13-7-5-12(6-8-13)9-14(30)31/h5-8H,9H2,1-4H3,(H,25,32)(H,30,31). The van der Waals surface area contributed by atoms with E-state index in [0.717, 1.165) is 0 Å². The highest BCUT2D eigenvalue weighted by Crippen LogP contribution is 2.42. The number of nitrogens with one attached hydrogen (secondary N) is 1. The van der Waals surface area contributed by atoms with Gasteiger partial charge in [0.05, 0.1) is 34.1 Å². The minimum Gasteiger partial charge on any atom is -0.481 e. The Kier molecular flexibility index (Phi) is 9.27. The third-order valence-corrected chi connectivity index (χ3v) is 7.80. The van der Waals surface area contributed by atoms with E-state index in [-0.39, 0.29) is 18.2 Å². The molecule has 0 spiro atoms. The molecule has 2 rings (SSSR count). The Bertz CT molecular complexity index is 1060. The summed E-state index contributed by atoms with van der Waals surface area (Å²) < 4.78 is 1.84. The molecule has 0 saturated heterocycles. The van der Waals surface area contributed by atoms with Crippen molar-refractivity contribution in [3.8, 4) is 0 Å². The summed E-state index contributed by atoms with van der Waals surface area (Å²) in [5.41, 5.74) is 2.54. The van der Waals surface area contributed by atoms with Crippen LogP contribution in [0, 0.1) is 10.7 Å². The molecule has 8 nitrogen and oxygen atoms in total. The zero-order valence-corrected chi connectivity index (χ0v) is 24.1. The van der Waals surface area contributed by atoms with Gasteiger partial charge >= 0.3 is 5.97 Å². The van der Waals surface area contributed by atoms with Crippen LogP contribution in [0.25, 0.3) is 0 Å². The number of anilines is 3. The lowest BCUT2D eigenvalue weighted by atomic mass is 10.1. The van der Waals surface area contributed by atoms with Crippen molar-refractivity contribution < 1.29 is 24.3 Å². The Labute approximate surface area is 226 Å². The topological polar surface area (TPSA) is 107 Å². The van der Waals surface area contributed by atoms with Crippen LogP contribution in [-0.2, 0) is 20.8 Å². The summed E-state index contributed by atoms with van der Waals surface area (Å²) in [6.45, 7) is 2.85. The van der Waals surface area contributed by atoms with Gasteiger partial charge in [0.15, 0.2) is 0 Å². The molecule has 0 aliphatic rings. The quantitative estimate of drug-likeness (QED) is 0.425. The van der Waals surface area contributed by atoms with E-state index in [2.05, 4.69) is 27.9 Å². The van der Waals surface area contributed by atoms with Gasteiger partial charge < -0.3 is 20.2 Å². The summed E-state index contributed by atoms with van der Waals surface area (Å²) in [5, 5.41) is 11.7. The molecule has 0 bridgehead atoms. The lowest BCUT2D eigenvalue weighted by Gasteiger charge is -2.27. The molecule has 0 radical (unpaired) electrons. The van der Waals surface area contributed by atoms with Crippen molar-refractivity contribution in [2.24, 2.45) is 0 Å². The predicted molar refractivity (Wildman–Crippen MR) is 148 cm³/mol. The molecule has 2 aromatic carbocycles. The number of nitrogens with zero attached hydrogens (tertiary/aromatic N) is 2. The van der Waals surface area contributed by atoms with Gasteiger partial charge in [-0.05, 0) is 85.5 Å². The first kappa shape index (κ1) is 26.8. The number of carboxylic acid groups (broad SMARTS) is 1. The van der Waals surface area contributed by atoms with Crippen LogP contribution in [0.5, 0.6) is 0 Å². The molecule has 3 amide bonds. The number of aliphatic carboxylic acids is 1. The first-order chi connectivity index (χ1) is 14.9. The Balaban J connectivity index is 2.60. The summed E-state index contributed by atoms with van der Waals surface area (Å²) in [7, 11) is 3.24. The van der Waals surface area contributed by atoms with Crippen LogP contribution in [0.2, 0.25) is 0 Å². The third kappa shape index (κ3) is 5.89. The van der Waals surface area contributed by atoms with Crippen molar-refractivity contribution in [3.05, 3.63) is 46.1 Å². The average Bonchev–Trinajstić information content (AvgIpc) is 2.68. The molecule has 0 atom stereocenters. The zero-order valence-electron chi connectivity index (χ0n) is 17.6. The normalized spacial score (nSPS) is 10.5. The Morgan fingerprint density at radius 2 is 1.28 bits per heavy atom. The lowest BCUT2D eigenvalue weighted by molar-refractivity contribution is -0.136. The molecule has 0 aliphatic heterocycles. The number of hydrogen-bond acceptors (Lipinski definition) is 4. The van der Waals surface area contributed by atoms with Crippen LogP contribution in [0.4, 0.5) is 17.1 Å². The molecular weight excluding hydrogens is 755 g/mol. The molecule has 32 heavy (non-hydrogen) atoms. The smallest absolute Gasteiger partial charge is 0.307 e. The highest BCUT2D eigenvalue weighted by molar-refractivity contribution is 14.1. The van der Waals surface area contributed by atoms with Crippen molar-refractivity contribution >= 4 is 109 Å². The second-order valence-electron chi connectivity index (χ2n) is 6.89. The van der Waals surface area contributed by atoms with Crippen LogP contribution in [0.3, 0.4) is 0 Å². The molecule has 0 heterocycles. The van der Waals surface area contributed by atoms with E-state index < -0.39 is 11.9 Å². The van der Waals surface area contributed by atoms with Crippen LogP contribution in [0.15, 0.2) is 24.3 Å². The van der Waals surface area contributed by atoms with E-state index in [1.807, 2.05) is 45.2 Å². The minimum atomic E-state index is -0.936. The minimum absolute atomic E-state index is 0.109. The first-order valence-corrected chi connectivity index (χ1v) is 12.4. The molecule has 170 valence electrons. The molecule has 0 aliphatic carbocycles. The van der Waals surface area contributed by atoms with Crippen molar-refractivity contribution in [1.82, 2.24) is 0 Å². The fraction of sp³-hybridized carbons (Fsp3) is 0.238. The Morgan fingerprint density at radius 1 is 0.844 bits per heavy atom. The zero-order chi connectivity index (χ0) is 24.3. The number of halogens is 3. The van der Waals surface area contributed by atoms with Gasteiger partial charge in [0, 0.05) is 33.6 Å². The molecule has 0 saturated carbocycles. The molecule has 2 aromatic rings. The van der Waals surface area contributed by atoms with Gasteiger partial charge in [0.25, 0.3) is 5.91 Å². The predicted octanol–water partition coefficient (Wildman–Crippen LogP) is 4.35. The average molecular weight is 775 g/mol. The first-order valence-electron chi connectivity index (χ1n) is 9.17. The summed E-state index contributed by atoms with van der Waals surface area (Å²) in [5.74, 6) is -1.76. The van der Waals surface area contributed by atoms with E-state index >= 15 is 0 Å². The number of hydrogen-bond donors (Lipinski definition) is 2. The van der Waals surface area contributed by atoms with Crippen LogP contribution in [0.1, 0.15) is 29.8 Å². The number of carbonyl (C=O) groups excluding carboxylic acids is 3. The second-order valence-corrected chi connectivity index (χ2v) is 10.1. The molecule has 2 N–H and O–H groups in total. The highest BCUT2D eigenvalue weighted by Gasteiger charge is 2.29. The van der Waals surface area contributed by atoms with Crippen molar-refractivity contribution in [3.63, 3.8) is 0 Å². The van der Waals surface area contributed by atoms with Crippen LogP contribution >= 0.6 is 67.8 Å². The maximum absolute atomic E-state index is 13.3. The lowest BCUT2D eigenvalue weighted by Crippen LogP contribution is -2.31. The van der Waals surface area contributed by atoms with E-state index in [0.29, 0.717) is 38.9 Å². The molecular formula is C21H20I3N3O5. The highest BCUT2D eigenvalue weighted by atomic mass is 127. The van der Waals surface area contributed by atoms with Gasteiger partial charge in [-0.15, -0.1) is 0 Å². The SMILES string of the molecule is CC(=O)N(C)c1c(I)c(C(=O)Nc2ccc(CC(=O)O)cc2)c(I)c(N(C)C(C)=O)c1I. The fourth-order valence-electron chi connectivity index (χ4n) is 2.82. The number of benzene rings is 2. The van der Waals surface area contributed by atoms with Gasteiger partial charge in [-0.2, -0.15) is 0 Å². The fourth-order valence-corrected chi connectivity index (χ4v) is 7.92. The van der Waals surface area contributed by atoms with Crippen LogP contribution in [-0.4, -0.2) is 42.9 Å². The number of rotatable bonds is 6. The number of carbonyl (C=O) groups is 4. The molecule has 0 fully saturated rings. The van der Waals surface area contributed by atoms with E-state index in [1.54, 1.807) is 38.4 Å². The summed E-state index contributed by atoms with van der Waals surface area (Å²) in [4.78, 5) is 51.3. The summed E-state index contributed by atoms with van der Waals surface area (Å²) in [6, 6.07) is 6.54. The van der Waals surface area contributed by atoms with Crippen LogP contribution < -0.4 is 15.1 Å². The molecule has 0 unspecified atom stereocenters. The van der Waals surface area contributed by atoms with Gasteiger partial charge in [-0.1, -0.05) is 12.1 Å². The van der Waals surface area contributed by atoms with Crippen molar-refractivity contribution in [2.45, 2.75) is 20.3 Å². The molecule has 0 aromatic heterocycles. The Morgan fingerprint density at radius 3 is 1.66 bits per heavy atom. The Hall–Kier alpha value is -1.49. The van der Waals surface area contributed by atoms with Crippen molar-refractivity contribution in [1.29, 1.82) is 0 Å². The van der Waals surface area contributed by atoms with Gasteiger partial charge in [-0.25, -0.2) is 0 Å². The number of amides is 3. The second kappa shape index (κ2) is 11.1. The maximum Gasteiger partial charge on any atom is 0.307 e. The molecule has 11 heteroatoms. The summed E-state index contributed by atoms with van der Waals surface area (Å²) in [6.07, 6.45) is -0.109. The van der Waals surface area contributed by atoms with Crippen molar-refractivity contribution in [2.75, 3.05) is 29.2 Å². The van der Waals surface area contributed by atoms with Gasteiger partial charge in [-0.3, -0.25) is 19.2 Å². The summed E-state index contributed by atoms with van der Waals surface area (Å²) >= 11 is 6.17. The van der Waals surface area contributed by atoms with E-state index in [9.17, 15) is 19.2 Å². The van der Waals surface area contributed by atoms with Gasteiger partial charge in [0.1, 0.15) is 0 Å². The monoisotopic (exact) mass is 775 g/mol.